The summed E-state index contributed by atoms with van der Waals surface area (Å²) in [6.45, 7) is 1.86. The smallest absolute Gasteiger partial charge is 0.236 e. The Bertz CT molecular complexity index is 506. The summed E-state index contributed by atoms with van der Waals surface area (Å²) in [5.74, 6) is 1.36. The second-order valence-electron chi connectivity index (χ2n) is 7.69. The van der Waals surface area contributed by atoms with E-state index in [1.807, 2.05) is 4.90 Å². The number of rotatable bonds is 4. The highest BCUT2D eigenvalue weighted by Gasteiger charge is 2.53. The van der Waals surface area contributed by atoms with Gasteiger partial charge in [0.05, 0.1) is 12.6 Å². The second kappa shape index (κ2) is 5.32. The van der Waals surface area contributed by atoms with Crippen molar-refractivity contribution >= 4 is 5.91 Å². The SMILES string of the molecule is NC[C@@H]1CCCN1C(=O)CNC12CC=C3C(O)CC(C1)C3C2. The number of nitrogens with two attached hydrogens (primary N) is 1. The molecule has 2 saturated carbocycles. The number of carbonyl (C=O) groups excluding carboxylic acids is 1. The standard InChI is InChI=1S/C17H27N3O2/c18-9-12-2-1-5-20(12)16(22)10-19-17-4-3-13-14(8-17)11(7-17)6-15(13)21/h3,11-12,14-15,19,21H,1-2,4-10,18H2/t11?,12-,14?,15?,17?/m0/s1. The third-order valence-electron chi connectivity index (χ3n) is 6.48. The molecule has 4 aliphatic rings. The average molecular weight is 305 g/mol. The lowest BCUT2D eigenvalue weighted by Crippen LogP contribution is -2.51. The molecule has 1 heterocycles. The summed E-state index contributed by atoms with van der Waals surface area (Å²) >= 11 is 0. The molecular weight excluding hydrogens is 278 g/mol. The van der Waals surface area contributed by atoms with E-state index in [1.165, 1.54) is 5.57 Å². The topological polar surface area (TPSA) is 78.6 Å². The molecule has 0 aromatic heterocycles. The average Bonchev–Trinajstić information content (AvgIpc) is 3.15. The number of nitrogens with zero attached hydrogens (tertiary/aromatic N) is 1. The lowest BCUT2D eigenvalue weighted by Gasteiger charge is -2.35. The second-order valence-corrected chi connectivity index (χ2v) is 7.69. The third-order valence-corrected chi connectivity index (χ3v) is 6.48. The van der Waals surface area contributed by atoms with E-state index in [0.717, 1.165) is 45.1 Å². The fourth-order valence-corrected chi connectivity index (χ4v) is 5.38. The van der Waals surface area contributed by atoms with Gasteiger partial charge in [-0.25, -0.2) is 0 Å². The van der Waals surface area contributed by atoms with Crippen molar-refractivity contribution in [1.29, 1.82) is 0 Å². The van der Waals surface area contributed by atoms with E-state index >= 15 is 0 Å². The van der Waals surface area contributed by atoms with Crippen molar-refractivity contribution in [3.63, 3.8) is 0 Å². The maximum atomic E-state index is 12.5. The van der Waals surface area contributed by atoms with Crippen molar-refractivity contribution in [2.75, 3.05) is 19.6 Å². The molecule has 5 atom stereocenters. The van der Waals surface area contributed by atoms with Crippen LogP contribution in [0.1, 0.15) is 38.5 Å². The largest absolute Gasteiger partial charge is 0.389 e. The van der Waals surface area contributed by atoms with Crippen LogP contribution in [0.3, 0.4) is 0 Å². The zero-order valence-corrected chi connectivity index (χ0v) is 13.1. The molecule has 1 aliphatic heterocycles. The molecule has 5 nitrogen and oxygen atoms in total. The van der Waals surface area contributed by atoms with Gasteiger partial charge >= 0.3 is 0 Å². The van der Waals surface area contributed by atoms with Gasteiger partial charge in [0.2, 0.25) is 5.91 Å². The van der Waals surface area contributed by atoms with Crippen LogP contribution in [0.4, 0.5) is 0 Å². The summed E-state index contributed by atoms with van der Waals surface area (Å²) in [6, 6.07) is 0.239. The highest BCUT2D eigenvalue weighted by Crippen LogP contribution is 2.55. The number of carbonyl (C=O) groups is 1. The van der Waals surface area contributed by atoms with Gasteiger partial charge in [0.25, 0.3) is 0 Å². The zero-order chi connectivity index (χ0) is 15.3. The predicted molar refractivity (Wildman–Crippen MR) is 84.1 cm³/mol. The number of hydrogen-bond acceptors (Lipinski definition) is 4. The number of aliphatic hydroxyl groups excluding tert-OH is 1. The fraction of sp³-hybridized carbons (Fsp3) is 0.824. The Kier molecular flexibility index (Phi) is 3.55. The third kappa shape index (κ3) is 2.22. The molecule has 0 radical (unpaired) electrons. The van der Waals surface area contributed by atoms with Crippen LogP contribution in [0, 0.1) is 11.8 Å². The first-order chi connectivity index (χ1) is 10.6. The molecular formula is C17H27N3O2. The van der Waals surface area contributed by atoms with Crippen LogP contribution in [0.25, 0.3) is 0 Å². The Morgan fingerprint density at radius 3 is 3.18 bits per heavy atom. The van der Waals surface area contributed by atoms with Gasteiger partial charge in [-0.2, -0.15) is 0 Å². The summed E-state index contributed by atoms with van der Waals surface area (Å²) in [4.78, 5) is 14.5. The van der Waals surface area contributed by atoms with Crippen LogP contribution >= 0.6 is 0 Å². The Labute approximate surface area is 131 Å². The van der Waals surface area contributed by atoms with Gasteiger partial charge in [-0.15, -0.1) is 0 Å². The molecule has 4 rings (SSSR count). The molecule has 3 aliphatic carbocycles. The number of likely N-dealkylation sites (tertiary alicyclic amines) is 1. The molecule has 4 unspecified atom stereocenters. The number of fused-ring (bicyclic) bond motifs is 1. The lowest BCUT2D eigenvalue weighted by molar-refractivity contribution is -0.131. The fourth-order valence-electron chi connectivity index (χ4n) is 5.38. The quantitative estimate of drug-likeness (QED) is 0.656. The van der Waals surface area contributed by atoms with Gasteiger partial charge in [-0.1, -0.05) is 6.08 Å². The van der Waals surface area contributed by atoms with Crippen LogP contribution in [-0.4, -0.2) is 53.2 Å². The molecule has 3 fully saturated rings. The molecule has 122 valence electrons. The highest BCUT2D eigenvalue weighted by atomic mass is 16.3. The lowest BCUT2D eigenvalue weighted by atomic mass is 9.82. The van der Waals surface area contributed by atoms with Gasteiger partial charge in [0.1, 0.15) is 0 Å². The molecule has 4 N–H and O–H groups in total. The van der Waals surface area contributed by atoms with Crippen LogP contribution in [0.2, 0.25) is 0 Å². The number of aliphatic hydroxyl groups is 1. The van der Waals surface area contributed by atoms with Crippen molar-refractivity contribution in [2.24, 2.45) is 17.6 Å². The van der Waals surface area contributed by atoms with Crippen LogP contribution in [0.15, 0.2) is 11.6 Å². The zero-order valence-electron chi connectivity index (χ0n) is 13.1. The van der Waals surface area contributed by atoms with Gasteiger partial charge in [0, 0.05) is 24.7 Å². The van der Waals surface area contributed by atoms with E-state index in [1.54, 1.807) is 0 Å². The van der Waals surface area contributed by atoms with Crippen molar-refractivity contribution in [3.8, 4) is 0 Å². The molecule has 5 heteroatoms. The first kappa shape index (κ1) is 14.7. The summed E-state index contributed by atoms with van der Waals surface area (Å²) < 4.78 is 0. The van der Waals surface area contributed by atoms with E-state index in [4.69, 9.17) is 5.73 Å². The van der Waals surface area contributed by atoms with E-state index < -0.39 is 0 Å². The Balaban J connectivity index is 1.39. The Morgan fingerprint density at radius 2 is 2.36 bits per heavy atom. The number of hydrogen-bond donors (Lipinski definition) is 3. The Morgan fingerprint density at radius 1 is 1.50 bits per heavy atom. The molecule has 0 aromatic rings. The molecule has 2 bridgehead atoms. The van der Waals surface area contributed by atoms with Crippen molar-refractivity contribution in [2.45, 2.75) is 56.2 Å². The normalized spacial score (nSPS) is 42.8. The van der Waals surface area contributed by atoms with Crippen molar-refractivity contribution < 1.29 is 9.90 Å². The number of amides is 1. The molecule has 1 amide bonds. The summed E-state index contributed by atoms with van der Waals surface area (Å²) in [7, 11) is 0. The van der Waals surface area contributed by atoms with Gasteiger partial charge in [-0.3, -0.25) is 4.79 Å². The van der Waals surface area contributed by atoms with Crippen LogP contribution < -0.4 is 11.1 Å². The summed E-state index contributed by atoms with van der Waals surface area (Å²) in [5, 5.41) is 13.6. The monoisotopic (exact) mass is 305 g/mol. The summed E-state index contributed by atoms with van der Waals surface area (Å²) in [6.07, 6.45) is 8.21. The van der Waals surface area contributed by atoms with Crippen molar-refractivity contribution in [1.82, 2.24) is 10.2 Å². The number of nitrogens with one attached hydrogen (secondary N) is 1. The summed E-state index contributed by atoms with van der Waals surface area (Å²) in [5.41, 5.74) is 7.13. The van der Waals surface area contributed by atoms with Gasteiger partial charge in [-0.05, 0) is 55.9 Å². The first-order valence-electron chi connectivity index (χ1n) is 8.74. The predicted octanol–water partition coefficient (Wildman–Crippen LogP) is 0.385. The van der Waals surface area contributed by atoms with Crippen LogP contribution in [-0.2, 0) is 4.79 Å². The van der Waals surface area contributed by atoms with E-state index in [2.05, 4.69) is 11.4 Å². The van der Waals surface area contributed by atoms with Gasteiger partial charge < -0.3 is 21.1 Å². The minimum absolute atomic E-state index is 0.0899. The van der Waals surface area contributed by atoms with E-state index in [9.17, 15) is 9.90 Å². The van der Waals surface area contributed by atoms with Crippen molar-refractivity contribution in [3.05, 3.63) is 11.6 Å². The minimum Gasteiger partial charge on any atom is -0.389 e. The van der Waals surface area contributed by atoms with E-state index in [0.29, 0.717) is 24.9 Å². The van der Waals surface area contributed by atoms with E-state index in [-0.39, 0.29) is 23.6 Å². The molecule has 1 saturated heterocycles. The van der Waals surface area contributed by atoms with Gasteiger partial charge in [0.15, 0.2) is 0 Å². The first-order valence-corrected chi connectivity index (χ1v) is 8.74. The molecule has 22 heavy (non-hydrogen) atoms. The maximum Gasteiger partial charge on any atom is 0.236 e. The minimum atomic E-state index is -0.204. The van der Waals surface area contributed by atoms with Crippen LogP contribution in [0.5, 0.6) is 0 Å². The maximum absolute atomic E-state index is 12.5. The molecule has 0 spiro atoms. The Hall–Kier alpha value is -0.910. The molecule has 0 aromatic carbocycles. The highest BCUT2D eigenvalue weighted by molar-refractivity contribution is 5.79.